The smallest absolute Gasteiger partial charge is 0.315 e. The van der Waals surface area contributed by atoms with Gasteiger partial charge >= 0.3 is 6.03 Å². The van der Waals surface area contributed by atoms with Gasteiger partial charge in [-0.2, -0.15) is 0 Å². The molecule has 4 spiro atoms. The maximum Gasteiger partial charge on any atom is 0.315 e. The highest BCUT2D eigenvalue weighted by Gasteiger charge is 2.52. The predicted octanol–water partition coefficient (Wildman–Crippen LogP) is 7.02. The van der Waals surface area contributed by atoms with Gasteiger partial charge < -0.3 is 31.2 Å². The highest BCUT2D eigenvalue weighted by atomic mass is 16.5. The number of carbonyl (C=O) groups is 1. The third-order valence-corrected chi connectivity index (χ3v) is 12.0. The molecule has 0 atom stereocenters. The summed E-state index contributed by atoms with van der Waals surface area (Å²) in [4.78, 5) is 13.6. The number of piperidine rings is 2. The van der Waals surface area contributed by atoms with Gasteiger partial charge in [-0.25, -0.2) is 4.79 Å². The van der Waals surface area contributed by atoms with E-state index in [4.69, 9.17) is 0 Å². The van der Waals surface area contributed by atoms with Crippen LogP contribution in [0.3, 0.4) is 0 Å². The van der Waals surface area contributed by atoms with Crippen LogP contribution in [0.2, 0.25) is 0 Å². The van der Waals surface area contributed by atoms with Crippen LogP contribution in [0.1, 0.15) is 154 Å². The number of hydrogen-bond donors (Lipinski definition) is 2. The van der Waals surface area contributed by atoms with Crippen molar-refractivity contribution in [1.82, 2.24) is 20.8 Å². The first-order valence-corrected chi connectivity index (χ1v) is 16.4. The van der Waals surface area contributed by atoms with Crippen LogP contribution in [0.5, 0.6) is 0 Å². The number of hydrogen-bond acceptors (Lipinski definition) is 5. The zero-order valence-electron chi connectivity index (χ0n) is 23.7. The fraction of sp³-hybridized carbons (Fsp3) is 0.968. The van der Waals surface area contributed by atoms with Gasteiger partial charge in [0.1, 0.15) is 0 Å². The van der Waals surface area contributed by atoms with Crippen molar-refractivity contribution in [2.45, 2.75) is 188 Å². The van der Waals surface area contributed by atoms with Crippen molar-refractivity contribution in [3.05, 3.63) is 10.4 Å². The molecule has 7 heteroatoms. The summed E-state index contributed by atoms with van der Waals surface area (Å²) < 4.78 is 0. The lowest BCUT2D eigenvalue weighted by molar-refractivity contribution is -0.0759. The van der Waals surface area contributed by atoms with E-state index >= 15 is 0 Å². The summed E-state index contributed by atoms with van der Waals surface area (Å²) in [5, 5.41) is 37.9. The van der Waals surface area contributed by atoms with Gasteiger partial charge in [0.05, 0.1) is 0 Å². The monoisotopic (exact) mass is 528 g/mol. The molecule has 2 amide bonds. The molecule has 6 fully saturated rings. The Labute approximate surface area is 230 Å². The van der Waals surface area contributed by atoms with Gasteiger partial charge in [0.25, 0.3) is 0 Å². The van der Waals surface area contributed by atoms with Crippen molar-refractivity contribution in [3.8, 4) is 0 Å². The Balaban J connectivity index is 1.17. The fourth-order valence-electron chi connectivity index (χ4n) is 10.4. The summed E-state index contributed by atoms with van der Waals surface area (Å²) in [5.41, 5.74) is -1.17. The molecule has 6 rings (SSSR count). The minimum Gasteiger partial charge on any atom is -0.784 e. The molecule has 0 unspecified atom stereocenters. The van der Waals surface area contributed by atoms with E-state index in [1.165, 1.54) is 25.7 Å². The highest BCUT2D eigenvalue weighted by Crippen LogP contribution is 2.52. The average Bonchev–Trinajstić information content (AvgIpc) is 2.93. The second-order valence-electron chi connectivity index (χ2n) is 14.6. The molecule has 4 saturated carbocycles. The van der Waals surface area contributed by atoms with E-state index in [0.717, 1.165) is 128 Å². The lowest BCUT2D eigenvalue weighted by atomic mass is 9.65. The summed E-state index contributed by atoms with van der Waals surface area (Å²) in [6.45, 7) is 0. The number of nitrogens with one attached hydrogen (secondary N) is 2. The predicted molar refractivity (Wildman–Crippen MR) is 151 cm³/mol. The molecule has 216 valence electrons. The van der Waals surface area contributed by atoms with Crippen LogP contribution in [0.25, 0.3) is 0 Å². The quantitative estimate of drug-likeness (QED) is 0.402. The number of amides is 2. The van der Waals surface area contributed by atoms with Crippen LogP contribution >= 0.6 is 0 Å². The van der Waals surface area contributed by atoms with E-state index in [0.29, 0.717) is 0 Å². The van der Waals surface area contributed by atoms with Gasteiger partial charge in [-0.1, -0.05) is 77.0 Å². The third-order valence-electron chi connectivity index (χ3n) is 12.0. The van der Waals surface area contributed by atoms with E-state index in [-0.39, 0.29) is 40.3 Å². The van der Waals surface area contributed by atoms with Crippen LogP contribution in [0.15, 0.2) is 0 Å². The van der Waals surface area contributed by atoms with Crippen molar-refractivity contribution in [1.29, 1.82) is 0 Å². The summed E-state index contributed by atoms with van der Waals surface area (Å²) >= 11 is 0. The van der Waals surface area contributed by atoms with Crippen molar-refractivity contribution in [3.63, 3.8) is 0 Å². The number of hydroxylamine groups is 4. The molecule has 0 aromatic carbocycles. The molecule has 0 bridgehead atoms. The normalized spacial score (nSPS) is 34.9. The van der Waals surface area contributed by atoms with E-state index in [2.05, 4.69) is 10.6 Å². The standard InChI is InChI=1S/C31H52N4O3/c36-27(32-25-21-28(13-5-1-6-14-28)34(37)29(22-25)15-7-2-8-16-29)33-26-23-30(17-9-3-10-18-30)35(38)31(24-26)19-11-4-12-20-31/h25-26H,1-24H2,(H2,32,33,36)/q-2. The van der Waals surface area contributed by atoms with E-state index in [1.54, 1.807) is 10.1 Å². The Bertz CT molecular complexity index is 703. The van der Waals surface area contributed by atoms with Gasteiger partial charge in [-0.15, -0.1) is 0 Å². The molecule has 7 nitrogen and oxygen atoms in total. The Kier molecular flexibility index (Phi) is 7.78. The fourth-order valence-corrected chi connectivity index (χ4v) is 10.4. The van der Waals surface area contributed by atoms with Gasteiger partial charge in [0, 0.05) is 34.2 Å². The van der Waals surface area contributed by atoms with Crippen molar-refractivity contribution in [2.24, 2.45) is 0 Å². The number of urea groups is 1. The Morgan fingerprint density at radius 2 is 0.711 bits per heavy atom. The van der Waals surface area contributed by atoms with Crippen LogP contribution in [0, 0.1) is 10.4 Å². The lowest BCUT2D eigenvalue weighted by Gasteiger charge is -2.67. The zero-order chi connectivity index (χ0) is 26.3. The minimum absolute atomic E-state index is 0.0586. The lowest BCUT2D eigenvalue weighted by Crippen LogP contribution is -2.69. The molecule has 2 aliphatic heterocycles. The third kappa shape index (κ3) is 4.92. The number of carbonyl (C=O) groups excluding carboxylic acids is 1. The maximum atomic E-state index is 14.0. The molecular formula is C31H52N4O3-2. The maximum absolute atomic E-state index is 14.0. The molecule has 6 aliphatic rings. The second kappa shape index (κ2) is 10.8. The highest BCUT2D eigenvalue weighted by molar-refractivity contribution is 5.74. The van der Waals surface area contributed by atoms with Crippen LogP contribution in [0.4, 0.5) is 4.79 Å². The van der Waals surface area contributed by atoms with Gasteiger partial charge in [-0.3, -0.25) is 0 Å². The van der Waals surface area contributed by atoms with Crippen molar-refractivity contribution in [2.75, 3.05) is 0 Å². The zero-order valence-corrected chi connectivity index (χ0v) is 23.7. The molecule has 2 saturated heterocycles. The largest absolute Gasteiger partial charge is 0.784 e. The molecule has 2 heterocycles. The molecular weight excluding hydrogens is 476 g/mol. The number of rotatable bonds is 2. The molecule has 4 aliphatic carbocycles. The van der Waals surface area contributed by atoms with Gasteiger partial charge in [0.2, 0.25) is 0 Å². The van der Waals surface area contributed by atoms with Crippen LogP contribution in [-0.4, -0.2) is 50.4 Å². The molecule has 0 aromatic rings. The molecule has 38 heavy (non-hydrogen) atoms. The average molecular weight is 529 g/mol. The molecule has 2 N–H and O–H groups in total. The van der Waals surface area contributed by atoms with Crippen molar-refractivity contribution < 1.29 is 4.79 Å². The SMILES string of the molecule is O=C(NC1CC2(CCCCC2)N([O-])C2(CCCCC2)C1)NC1CC2(CCCCC2)N([O-])C2(CCCCC2)C1. The summed E-state index contributed by atoms with van der Waals surface area (Å²) in [6.07, 6.45) is 24.9. The van der Waals surface area contributed by atoms with Crippen molar-refractivity contribution >= 4 is 6.03 Å². The second-order valence-corrected chi connectivity index (χ2v) is 14.6. The molecule has 0 radical (unpaired) electrons. The topological polar surface area (TPSA) is 93.7 Å². The van der Waals surface area contributed by atoms with Crippen LogP contribution in [-0.2, 0) is 0 Å². The summed E-state index contributed by atoms with van der Waals surface area (Å²) in [7, 11) is 0. The first-order valence-electron chi connectivity index (χ1n) is 16.4. The Morgan fingerprint density at radius 3 is 0.947 bits per heavy atom. The van der Waals surface area contributed by atoms with Crippen LogP contribution < -0.4 is 10.6 Å². The Morgan fingerprint density at radius 1 is 0.474 bits per heavy atom. The minimum atomic E-state index is -0.294. The Hall–Kier alpha value is -0.890. The van der Waals surface area contributed by atoms with E-state index < -0.39 is 0 Å². The molecule has 0 aromatic heterocycles. The van der Waals surface area contributed by atoms with Gasteiger partial charge in [-0.05, 0) is 77.0 Å². The summed E-state index contributed by atoms with van der Waals surface area (Å²) in [5.74, 6) is 0. The summed E-state index contributed by atoms with van der Waals surface area (Å²) in [6, 6.07) is 0.0547. The first kappa shape index (κ1) is 27.3. The van der Waals surface area contributed by atoms with E-state index in [9.17, 15) is 15.2 Å². The van der Waals surface area contributed by atoms with E-state index in [1.807, 2.05) is 0 Å². The first-order chi connectivity index (χ1) is 18.4. The number of nitrogens with zero attached hydrogens (tertiary/aromatic N) is 2. The van der Waals surface area contributed by atoms with Gasteiger partial charge in [0.15, 0.2) is 0 Å².